The van der Waals surface area contributed by atoms with Crippen LogP contribution < -0.4 is 5.32 Å². The number of nitrogens with zero attached hydrogens (tertiary/aromatic N) is 1. The van der Waals surface area contributed by atoms with Gasteiger partial charge in [0.1, 0.15) is 0 Å². The molecule has 2 amide bonds. The van der Waals surface area contributed by atoms with E-state index in [1.54, 1.807) is 31.2 Å². The van der Waals surface area contributed by atoms with Crippen LogP contribution in [-0.2, 0) is 9.59 Å². The number of halogens is 1. The molecule has 1 N–H and O–H groups in total. The zero-order chi connectivity index (χ0) is 14.0. The van der Waals surface area contributed by atoms with Gasteiger partial charge in [0, 0.05) is 5.56 Å². The van der Waals surface area contributed by atoms with Crippen molar-refractivity contribution in [3.8, 4) is 0 Å². The molecule has 1 unspecified atom stereocenters. The molecule has 1 heterocycles. The van der Waals surface area contributed by atoms with Gasteiger partial charge in [-0.2, -0.15) is 0 Å². The first-order valence-corrected chi connectivity index (χ1v) is 6.22. The second-order valence-electron chi connectivity index (χ2n) is 4.40. The van der Waals surface area contributed by atoms with Crippen LogP contribution in [0, 0.1) is 0 Å². The number of amides is 2. The van der Waals surface area contributed by atoms with Crippen LogP contribution in [0.4, 0.5) is 0 Å². The Balaban J connectivity index is 2.12. The molecular formula is C13H13ClN2O3. The summed E-state index contributed by atoms with van der Waals surface area (Å²) in [4.78, 5) is 36.5. The molecule has 0 aromatic heterocycles. The normalized spacial score (nSPS) is 20.2. The lowest BCUT2D eigenvalue weighted by Gasteiger charge is -2.30. The molecule has 6 heteroatoms. The maximum atomic E-state index is 12.1. The molecule has 1 aliphatic heterocycles. The van der Waals surface area contributed by atoms with Gasteiger partial charge in [-0.05, 0) is 19.1 Å². The van der Waals surface area contributed by atoms with E-state index in [9.17, 15) is 14.4 Å². The third-order valence-electron chi connectivity index (χ3n) is 3.06. The Morgan fingerprint density at radius 1 is 1.42 bits per heavy atom. The van der Waals surface area contributed by atoms with Crippen molar-refractivity contribution in [3.05, 3.63) is 34.9 Å². The first kappa shape index (κ1) is 13.7. The van der Waals surface area contributed by atoms with E-state index < -0.39 is 11.9 Å². The molecule has 2 rings (SSSR count). The lowest BCUT2D eigenvalue weighted by atomic mass is 10.1. The number of hydrogen-bond donors (Lipinski definition) is 1. The quantitative estimate of drug-likeness (QED) is 0.659. The van der Waals surface area contributed by atoms with Gasteiger partial charge in [-0.1, -0.05) is 23.7 Å². The van der Waals surface area contributed by atoms with Crippen LogP contribution in [0.25, 0.3) is 0 Å². The lowest BCUT2D eigenvalue weighted by Crippen LogP contribution is -2.57. The molecule has 0 bridgehead atoms. The number of carbonyl (C=O) groups excluding carboxylic acids is 3. The van der Waals surface area contributed by atoms with Crippen molar-refractivity contribution >= 4 is 29.2 Å². The first-order chi connectivity index (χ1) is 8.99. The van der Waals surface area contributed by atoms with Crippen LogP contribution in [0.3, 0.4) is 0 Å². The second kappa shape index (κ2) is 5.50. The highest BCUT2D eigenvalue weighted by Crippen LogP contribution is 2.16. The monoisotopic (exact) mass is 280 g/mol. The Bertz CT molecular complexity index is 544. The number of ketones is 1. The fourth-order valence-electron chi connectivity index (χ4n) is 1.92. The van der Waals surface area contributed by atoms with Gasteiger partial charge in [-0.3, -0.25) is 24.6 Å². The van der Waals surface area contributed by atoms with E-state index in [0.29, 0.717) is 10.6 Å². The summed E-state index contributed by atoms with van der Waals surface area (Å²) in [7, 11) is 0. The Labute approximate surface area is 115 Å². The van der Waals surface area contributed by atoms with E-state index in [1.807, 2.05) is 0 Å². The average Bonchev–Trinajstić information content (AvgIpc) is 2.35. The fourth-order valence-corrected chi connectivity index (χ4v) is 2.16. The number of benzene rings is 1. The van der Waals surface area contributed by atoms with Gasteiger partial charge in [0.25, 0.3) is 0 Å². The van der Waals surface area contributed by atoms with Gasteiger partial charge < -0.3 is 0 Å². The number of nitrogens with one attached hydrogen (secondary N) is 1. The summed E-state index contributed by atoms with van der Waals surface area (Å²) in [6, 6.07) is 6.20. The maximum Gasteiger partial charge on any atom is 0.243 e. The van der Waals surface area contributed by atoms with Crippen LogP contribution in [0.1, 0.15) is 17.3 Å². The highest BCUT2D eigenvalue weighted by molar-refractivity contribution is 6.34. The molecule has 1 aliphatic rings. The lowest BCUT2D eigenvalue weighted by molar-refractivity contribution is -0.139. The Hall–Kier alpha value is -1.72. The topological polar surface area (TPSA) is 66.5 Å². The number of rotatable bonds is 3. The van der Waals surface area contributed by atoms with Crippen LogP contribution in [-0.4, -0.2) is 41.6 Å². The summed E-state index contributed by atoms with van der Waals surface area (Å²) < 4.78 is 0. The minimum atomic E-state index is -0.510. The molecule has 0 radical (unpaired) electrons. The second-order valence-corrected chi connectivity index (χ2v) is 4.80. The average molecular weight is 281 g/mol. The van der Waals surface area contributed by atoms with Crippen molar-refractivity contribution < 1.29 is 14.4 Å². The summed E-state index contributed by atoms with van der Waals surface area (Å²) in [6.07, 6.45) is 0. The van der Waals surface area contributed by atoms with Gasteiger partial charge in [0.2, 0.25) is 11.8 Å². The molecule has 1 aromatic carbocycles. The van der Waals surface area contributed by atoms with Crippen LogP contribution in [0.15, 0.2) is 24.3 Å². The van der Waals surface area contributed by atoms with Crippen molar-refractivity contribution in [1.29, 1.82) is 0 Å². The highest BCUT2D eigenvalue weighted by atomic mass is 35.5. The van der Waals surface area contributed by atoms with Crippen LogP contribution >= 0.6 is 11.6 Å². The summed E-state index contributed by atoms with van der Waals surface area (Å²) in [5, 5.41) is 2.59. The zero-order valence-electron chi connectivity index (χ0n) is 10.4. The predicted molar refractivity (Wildman–Crippen MR) is 70.0 cm³/mol. The van der Waals surface area contributed by atoms with Crippen LogP contribution in [0.5, 0.6) is 0 Å². The molecule has 1 saturated heterocycles. The standard InChI is InChI=1S/C13H13ClN2O3/c1-8-13(19)15-12(18)7-16(8)6-11(17)9-4-2-3-5-10(9)14/h2-5,8H,6-7H2,1H3,(H,15,18,19). The molecule has 1 fully saturated rings. The van der Waals surface area contributed by atoms with E-state index in [0.717, 1.165) is 0 Å². The third-order valence-corrected chi connectivity index (χ3v) is 3.39. The molecule has 0 aliphatic carbocycles. The Morgan fingerprint density at radius 2 is 2.11 bits per heavy atom. The zero-order valence-corrected chi connectivity index (χ0v) is 11.1. The number of hydrogen-bond acceptors (Lipinski definition) is 4. The largest absolute Gasteiger partial charge is 0.294 e. The highest BCUT2D eigenvalue weighted by Gasteiger charge is 2.31. The molecule has 1 aromatic rings. The van der Waals surface area contributed by atoms with Gasteiger partial charge in [0.05, 0.1) is 24.2 Å². The van der Waals surface area contributed by atoms with E-state index in [2.05, 4.69) is 5.32 Å². The Morgan fingerprint density at radius 3 is 2.79 bits per heavy atom. The van der Waals surface area contributed by atoms with Gasteiger partial charge in [-0.15, -0.1) is 0 Å². The van der Waals surface area contributed by atoms with Gasteiger partial charge in [0.15, 0.2) is 5.78 Å². The summed E-state index contributed by atoms with van der Waals surface area (Å²) in [5.41, 5.74) is 0.398. The molecule has 5 nitrogen and oxygen atoms in total. The van der Waals surface area contributed by atoms with E-state index in [1.165, 1.54) is 4.90 Å². The first-order valence-electron chi connectivity index (χ1n) is 5.84. The predicted octanol–water partition coefficient (Wildman–Crippen LogP) is 0.870. The number of Topliss-reactive ketones (excluding diaryl/α,β-unsaturated/α-hetero) is 1. The number of piperazine rings is 1. The minimum absolute atomic E-state index is 0.00986. The molecular weight excluding hydrogens is 268 g/mol. The molecule has 0 spiro atoms. The summed E-state index contributed by atoms with van der Waals surface area (Å²) in [5.74, 6) is -0.988. The van der Waals surface area contributed by atoms with Crippen molar-refractivity contribution in [2.75, 3.05) is 13.1 Å². The SMILES string of the molecule is CC1C(=O)NC(=O)CN1CC(=O)c1ccccc1Cl. The summed E-state index contributed by atoms with van der Waals surface area (Å²) in [6.45, 7) is 1.68. The third kappa shape index (κ3) is 3.00. The van der Waals surface area contributed by atoms with E-state index >= 15 is 0 Å². The maximum absolute atomic E-state index is 12.1. The Kier molecular flexibility index (Phi) is 3.97. The van der Waals surface area contributed by atoms with Gasteiger partial charge in [-0.25, -0.2) is 0 Å². The number of carbonyl (C=O) groups is 3. The molecule has 0 saturated carbocycles. The van der Waals surface area contributed by atoms with Crippen molar-refractivity contribution in [2.45, 2.75) is 13.0 Å². The molecule has 1 atom stereocenters. The van der Waals surface area contributed by atoms with Crippen LogP contribution in [0.2, 0.25) is 5.02 Å². The fraction of sp³-hybridized carbons (Fsp3) is 0.308. The van der Waals surface area contributed by atoms with Crippen molar-refractivity contribution in [1.82, 2.24) is 10.2 Å². The summed E-state index contributed by atoms with van der Waals surface area (Å²) >= 11 is 5.94. The van der Waals surface area contributed by atoms with E-state index in [-0.39, 0.29) is 24.8 Å². The van der Waals surface area contributed by atoms with E-state index in [4.69, 9.17) is 11.6 Å². The number of imide groups is 1. The van der Waals surface area contributed by atoms with Crippen molar-refractivity contribution in [3.63, 3.8) is 0 Å². The van der Waals surface area contributed by atoms with Crippen molar-refractivity contribution in [2.24, 2.45) is 0 Å². The van der Waals surface area contributed by atoms with Gasteiger partial charge >= 0.3 is 0 Å². The molecule has 100 valence electrons. The minimum Gasteiger partial charge on any atom is -0.294 e. The smallest absolute Gasteiger partial charge is 0.243 e. The molecule has 19 heavy (non-hydrogen) atoms.